The van der Waals surface area contributed by atoms with Crippen molar-refractivity contribution < 1.29 is 48.3 Å². The molecule has 0 aromatic rings. The molecule has 0 radical (unpaired) electrons. The SMILES string of the molecule is FC(=NC(F)(F)F)C(F)(C(F)(F)F)C(F)(F)F. The molecular weight excluding hydrogens is 283 g/mol. The van der Waals surface area contributed by atoms with Crippen molar-refractivity contribution in [2.24, 2.45) is 4.99 Å². The van der Waals surface area contributed by atoms with Gasteiger partial charge in [-0.1, -0.05) is 0 Å². The topological polar surface area (TPSA) is 12.4 Å². The minimum Gasteiger partial charge on any atom is -0.214 e. The van der Waals surface area contributed by atoms with Gasteiger partial charge in [0, 0.05) is 0 Å². The molecule has 0 saturated heterocycles. The molecule has 102 valence electrons. The van der Waals surface area contributed by atoms with Gasteiger partial charge in [-0.05, 0) is 0 Å². The zero-order valence-corrected chi connectivity index (χ0v) is 7.10. The second kappa shape index (κ2) is 3.98. The first-order chi connectivity index (χ1) is 7.13. The summed E-state index contributed by atoms with van der Waals surface area (Å²) >= 11 is 0. The smallest absolute Gasteiger partial charge is 0.214 e. The Bertz CT molecular complexity index is 289. The lowest BCUT2D eigenvalue weighted by molar-refractivity contribution is -0.316. The van der Waals surface area contributed by atoms with Crippen LogP contribution < -0.4 is 0 Å². The van der Waals surface area contributed by atoms with Crippen LogP contribution in [0.1, 0.15) is 0 Å². The van der Waals surface area contributed by atoms with Crippen molar-refractivity contribution >= 4 is 5.97 Å². The van der Waals surface area contributed by atoms with Gasteiger partial charge in [0.25, 0.3) is 0 Å². The largest absolute Gasteiger partial charge is 0.505 e. The second-order valence-corrected chi connectivity index (χ2v) is 2.52. The van der Waals surface area contributed by atoms with Gasteiger partial charge in [0.15, 0.2) is 0 Å². The highest BCUT2D eigenvalue weighted by Gasteiger charge is 2.77. The molecule has 12 heteroatoms. The van der Waals surface area contributed by atoms with E-state index in [-0.39, 0.29) is 0 Å². The van der Waals surface area contributed by atoms with Crippen LogP contribution in [0.3, 0.4) is 0 Å². The van der Waals surface area contributed by atoms with E-state index in [1.807, 2.05) is 0 Å². The normalized spacial score (nSPS) is 16.3. The summed E-state index contributed by atoms with van der Waals surface area (Å²) in [5.41, 5.74) is -6.80. The number of nitrogens with zero attached hydrogens (tertiary/aromatic N) is 1. The lowest BCUT2D eigenvalue weighted by atomic mass is 10.1. The molecule has 0 spiro atoms. The van der Waals surface area contributed by atoms with E-state index in [2.05, 4.69) is 0 Å². The maximum atomic E-state index is 12.5. The fraction of sp³-hybridized carbons (Fsp3) is 0.800. The molecule has 0 atom stereocenters. The summed E-state index contributed by atoms with van der Waals surface area (Å²) in [6.07, 6.45) is -20.0. The molecular formula is C5F11N. The molecule has 0 aliphatic heterocycles. The van der Waals surface area contributed by atoms with Gasteiger partial charge in [0.2, 0.25) is 5.97 Å². The number of hydrogen-bond acceptors (Lipinski definition) is 1. The van der Waals surface area contributed by atoms with Crippen molar-refractivity contribution in [2.45, 2.75) is 24.3 Å². The average Bonchev–Trinajstić information content (AvgIpc) is 1.94. The van der Waals surface area contributed by atoms with Crippen LogP contribution in [0.15, 0.2) is 4.99 Å². The van der Waals surface area contributed by atoms with Crippen LogP contribution in [-0.2, 0) is 0 Å². The van der Waals surface area contributed by atoms with Gasteiger partial charge < -0.3 is 0 Å². The van der Waals surface area contributed by atoms with Crippen LogP contribution in [0.2, 0.25) is 0 Å². The van der Waals surface area contributed by atoms with Crippen LogP contribution in [-0.4, -0.2) is 30.3 Å². The molecule has 0 fully saturated rings. The predicted molar refractivity (Wildman–Crippen MR) is 30.5 cm³/mol. The number of hydrogen-bond donors (Lipinski definition) is 0. The van der Waals surface area contributed by atoms with Gasteiger partial charge in [-0.25, -0.2) is 4.39 Å². The molecule has 1 nitrogen and oxygen atoms in total. The van der Waals surface area contributed by atoms with Crippen molar-refractivity contribution in [1.29, 1.82) is 0 Å². The first-order valence-electron chi connectivity index (χ1n) is 3.28. The van der Waals surface area contributed by atoms with E-state index in [0.717, 1.165) is 0 Å². The van der Waals surface area contributed by atoms with E-state index in [9.17, 15) is 48.3 Å². The third-order valence-electron chi connectivity index (χ3n) is 1.29. The molecule has 0 heterocycles. The van der Waals surface area contributed by atoms with Gasteiger partial charge in [0.1, 0.15) is 0 Å². The Morgan fingerprint density at radius 2 is 0.941 bits per heavy atom. The Morgan fingerprint density at radius 3 is 1.12 bits per heavy atom. The van der Waals surface area contributed by atoms with E-state index in [1.54, 1.807) is 0 Å². The van der Waals surface area contributed by atoms with Crippen LogP contribution in [0.25, 0.3) is 0 Å². The lowest BCUT2D eigenvalue weighted by Crippen LogP contribution is -2.58. The molecule has 0 aliphatic rings. The fourth-order valence-corrected chi connectivity index (χ4v) is 0.583. The number of aliphatic imine (C=N–C) groups is 1. The lowest BCUT2D eigenvalue weighted by Gasteiger charge is -2.27. The first kappa shape index (κ1) is 15.9. The van der Waals surface area contributed by atoms with Crippen molar-refractivity contribution in [3.8, 4) is 0 Å². The molecule has 0 N–H and O–H groups in total. The van der Waals surface area contributed by atoms with Crippen LogP contribution in [0.4, 0.5) is 48.3 Å². The number of halogens is 11. The summed E-state index contributed by atoms with van der Waals surface area (Å²) in [5, 5.41) is 0. The van der Waals surface area contributed by atoms with Gasteiger partial charge in [-0.2, -0.15) is 35.7 Å². The average molecular weight is 283 g/mol. The Hall–Kier alpha value is -1.10. The number of alkyl halides is 10. The van der Waals surface area contributed by atoms with Crippen molar-refractivity contribution in [3.05, 3.63) is 0 Å². The molecule has 0 amide bonds. The quantitative estimate of drug-likeness (QED) is 0.395. The molecule has 0 saturated carbocycles. The highest BCUT2D eigenvalue weighted by Crippen LogP contribution is 2.48. The zero-order chi connectivity index (χ0) is 14.3. The summed E-state index contributed by atoms with van der Waals surface area (Å²) in [5.74, 6) is -4.27. The summed E-state index contributed by atoms with van der Waals surface area (Å²) in [6, 6.07) is 0. The first-order valence-corrected chi connectivity index (χ1v) is 3.28. The van der Waals surface area contributed by atoms with Crippen molar-refractivity contribution in [1.82, 2.24) is 0 Å². The Balaban J connectivity index is 5.78. The molecule has 17 heavy (non-hydrogen) atoms. The minimum absolute atomic E-state index is 0.449. The van der Waals surface area contributed by atoms with Gasteiger partial charge in [0.05, 0.1) is 0 Å². The third kappa shape index (κ3) is 3.19. The summed E-state index contributed by atoms with van der Waals surface area (Å²) in [4.78, 5) is 0.449. The third-order valence-corrected chi connectivity index (χ3v) is 1.29. The second-order valence-electron chi connectivity index (χ2n) is 2.52. The van der Waals surface area contributed by atoms with E-state index in [4.69, 9.17) is 0 Å². The zero-order valence-electron chi connectivity index (χ0n) is 7.10. The van der Waals surface area contributed by atoms with E-state index in [1.165, 1.54) is 0 Å². The standard InChI is InChI=1S/C5F11N/c6-1(17-5(14,15)16)2(7,3(8,9)10)4(11,12)13. The van der Waals surface area contributed by atoms with Crippen LogP contribution in [0.5, 0.6) is 0 Å². The maximum absolute atomic E-state index is 12.5. The van der Waals surface area contributed by atoms with E-state index >= 15 is 0 Å². The summed E-state index contributed by atoms with van der Waals surface area (Å²) in [6.45, 7) is 0. The van der Waals surface area contributed by atoms with E-state index < -0.39 is 30.3 Å². The molecule has 0 aromatic heterocycles. The minimum atomic E-state index is -6.97. The van der Waals surface area contributed by atoms with Crippen molar-refractivity contribution in [3.63, 3.8) is 0 Å². The van der Waals surface area contributed by atoms with Gasteiger partial charge >= 0.3 is 24.3 Å². The van der Waals surface area contributed by atoms with E-state index in [0.29, 0.717) is 4.99 Å². The molecule has 0 bridgehead atoms. The van der Waals surface area contributed by atoms with Crippen LogP contribution >= 0.6 is 0 Å². The highest BCUT2D eigenvalue weighted by atomic mass is 19.4. The summed E-state index contributed by atoms with van der Waals surface area (Å²) in [7, 11) is 0. The Morgan fingerprint density at radius 1 is 0.647 bits per heavy atom. The van der Waals surface area contributed by atoms with Crippen LogP contribution in [0, 0.1) is 0 Å². The number of rotatable bonds is 1. The van der Waals surface area contributed by atoms with Gasteiger partial charge in [-0.15, -0.1) is 13.2 Å². The molecule has 0 aliphatic carbocycles. The Kier molecular flexibility index (Phi) is 3.72. The summed E-state index contributed by atoms with van der Waals surface area (Å²) < 4.78 is 128. The molecule has 0 unspecified atom stereocenters. The maximum Gasteiger partial charge on any atom is 0.505 e. The van der Waals surface area contributed by atoms with Gasteiger partial charge in [-0.3, -0.25) is 0 Å². The monoisotopic (exact) mass is 283 g/mol. The molecule has 0 rings (SSSR count). The Labute approximate surface area is 84.9 Å². The fourth-order valence-electron chi connectivity index (χ4n) is 0.583. The highest BCUT2D eigenvalue weighted by molar-refractivity contribution is 5.86. The molecule has 0 aromatic carbocycles. The van der Waals surface area contributed by atoms with Crippen molar-refractivity contribution in [2.75, 3.05) is 0 Å². The predicted octanol–water partition coefficient (Wildman–Crippen LogP) is 3.71.